The molecule has 2 aromatic rings. The third-order valence-electron chi connectivity index (χ3n) is 3.22. The van der Waals surface area contributed by atoms with E-state index in [0.29, 0.717) is 28.8 Å². The number of ether oxygens (including phenoxy) is 2. The van der Waals surface area contributed by atoms with Gasteiger partial charge < -0.3 is 20.1 Å². The van der Waals surface area contributed by atoms with Crippen LogP contribution in [0.1, 0.15) is 37.0 Å². The molecule has 0 radical (unpaired) electrons. The van der Waals surface area contributed by atoms with Crippen LogP contribution >= 0.6 is 0 Å². The van der Waals surface area contributed by atoms with Crippen molar-refractivity contribution in [2.75, 3.05) is 24.9 Å². The van der Waals surface area contributed by atoms with Crippen molar-refractivity contribution in [3.05, 3.63) is 35.7 Å². The fourth-order valence-corrected chi connectivity index (χ4v) is 2.19. The van der Waals surface area contributed by atoms with E-state index in [9.17, 15) is 4.79 Å². The average Bonchev–Trinajstić information content (AvgIpc) is 2.52. The molecule has 7 nitrogen and oxygen atoms in total. The molecule has 0 bridgehead atoms. The Morgan fingerprint density at radius 2 is 1.72 bits per heavy atom. The summed E-state index contributed by atoms with van der Waals surface area (Å²) >= 11 is 0. The number of methoxy groups -OCH3 is 2. The van der Waals surface area contributed by atoms with Crippen molar-refractivity contribution in [1.82, 2.24) is 9.97 Å². The van der Waals surface area contributed by atoms with Gasteiger partial charge in [-0.05, 0) is 45.9 Å². The van der Waals surface area contributed by atoms with Crippen LogP contribution in [0.2, 0.25) is 0 Å². The molecule has 0 aliphatic rings. The first-order chi connectivity index (χ1) is 11.7. The number of hydrogen-bond acceptors (Lipinski definition) is 6. The van der Waals surface area contributed by atoms with Crippen molar-refractivity contribution in [3.63, 3.8) is 0 Å². The molecule has 25 heavy (non-hydrogen) atoms. The van der Waals surface area contributed by atoms with Crippen LogP contribution in [0, 0.1) is 6.92 Å². The van der Waals surface area contributed by atoms with E-state index in [-0.39, 0.29) is 17.1 Å². The standard InChI is InChI=1S/C18H24N4O3/c1-11-9-13(21-17(19-11)22-18(2,3)4)16(23)20-12-7-8-14(24-5)15(10-12)25-6/h7-10H,1-6H3,(H,20,23)(H,19,21,22). The highest BCUT2D eigenvalue weighted by molar-refractivity contribution is 6.03. The molecule has 0 fully saturated rings. The molecule has 2 rings (SSSR count). The Morgan fingerprint density at radius 1 is 1.04 bits per heavy atom. The third-order valence-corrected chi connectivity index (χ3v) is 3.22. The Hall–Kier alpha value is -2.83. The maximum atomic E-state index is 12.5. The first kappa shape index (κ1) is 18.5. The van der Waals surface area contributed by atoms with Crippen LogP contribution in [-0.4, -0.2) is 35.6 Å². The maximum absolute atomic E-state index is 12.5. The summed E-state index contributed by atoms with van der Waals surface area (Å²) in [4.78, 5) is 21.2. The van der Waals surface area contributed by atoms with Gasteiger partial charge in [0.05, 0.1) is 14.2 Å². The van der Waals surface area contributed by atoms with Gasteiger partial charge in [0.2, 0.25) is 5.95 Å². The quantitative estimate of drug-likeness (QED) is 0.866. The maximum Gasteiger partial charge on any atom is 0.274 e. The highest BCUT2D eigenvalue weighted by Gasteiger charge is 2.16. The molecule has 1 heterocycles. The fourth-order valence-electron chi connectivity index (χ4n) is 2.19. The van der Waals surface area contributed by atoms with Gasteiger partial charge in [-0.25, -0.2) is 9.97 Å². The summed E-state index contributed by atoms with van der Waals surface area (Å²) in [7, 11) is 3.10. The van der Waals surface area contributed by atoms with E-state index in [0.717, 1.165) is 0 Å². The minimum absolute atomic E-state index is 0.203. The van der Waals surface area contributed by atoms with E-state index in [1.54, 1.807) is 38.5 Å². The molecule has 0 spiro atoms. The number of rotatable bonds is 5. The van der Waals surface area contributed by atoms with E-state index in [2.05, 4.69) is 20.6 Å². The lowest BCUT2D eigenvalue weighted by atomic mass is 10.1. The molecule has 7 heteroatoms. The van der Waals surface area contributed by atoms with Gasteiger partial charge in [-0.1, -0.05) is 0 Å². The monoisotopic (exact) mass is 344 g/mol. The molecule has 0 saturated heterocycles. The highest BCUT2D eigenvalue weighted by atomic mass is 16.5. The van der Waals surface area contributed by atoms with Crippen molar-refractivity contribution >= 4 is 17.5 Å². The zero-order valence-electron chi connectivity index (χ0n) is 15.4. The number of nitrogens with one attached hydrogen (secondary N) is 2. The van der Waals surface area contributed by atoms with Gasteiger partial charge in [0.25, 0.3) is 5.91 Å². The molecule has 0 aliphatic heterocycles. The average molecular weight is 344 g/mol. The van der Waals surface area contributed by atoms with E-state index < -0.39 is 0 Å². The second-order valence-corrected chi connectivity index (χ2v) is 6.62. The number of nitrogens with zero attached hydrogens (tertiary/aromatic N) is 2. The zero-order chi connectivity index (χ0) is 18.6. The Balaban J connectivity index is 2.23. The second-order valence-electron chi connectivity index (χ2n) is 6.62. The molecule has 1 aromatic heterocycles. The van der Waals surface area contributed by atoms with Gasteiger partial charge in [0.1, 0.15) is 5.69 Å². The Labute approximate surface area is 147 Å². The summed E-state index contributed by atoms with van der Waals surface area (Å²) in [5.41, 5.74) is 1.38. The molecule has 0 atom stereocenters. The molecule has 1 amide bonds. The zero-order valence-corrected chi connectivity index (χ0v) is 15.4. The second kappa shape index (κ2) is 7.38. The van der Waals surface area contributed by atoms with Gasteiger partial charge >= 0.3 is 0 Å². The number of aromatic nitrogens is 2. The number of amides is 1. The van der Waals surface area contributed by atoms with Crippen molar-refractivity contribution in [2.45, 2.75) is 33.2 Å². The summed E-state index contributed by atoms with van der Waals surface area (Å²) in [6.07, 6.45) is 0. The van der Waals surface area contributed by atoms with Crippen molar-refractivity contribution in [2.24, 2.45) is 0 Å². The highest BCUT2D eigenvalue weighted by Crippen LogP contribution is 2.29. The predicted octanol–water partition coefficient (Wildman–Crippen LogP) is 3.26. The molecule has 0 saturated carbocycles. The number of carbonyl (C=O) groups excluding carboxylic acids is 1. The molecular formula is C18H24N4O3. The Bertz CT molecular complexity index is 769. The number of benzene rings is 1. The smallest absolute Gasteiger partial charge is 0.274 e. The van der Waals surface area contributed by atoms with Crippen LogP contribution in [0.5, 0.6) is 11.5 Å². The lowest BCUT2D eigenvalue weighted by Gasteiger charge is -2.20. The van der Waals surface area contributed by atoms with E-state index >= 15 is 0 Å². The summed E-state index contributed by atoms with van der Waals surface area (Å²) in [6.45, 7) is 7.83. The minimum atomic E-state index is -0.324. The summed E-state index contributed by atoms with van der Waals surface area (Å²) in [5, 5.41) is 5.98. The van der Waals surface area contributed by atoms with Gasteiger partial charge in [0, 0.05) is 23.0 Å². The van der Waals surface area contributed by atoms with Crippen LogP contribution in [0.4, 0.5) is 11.6 Å². The topological polar surface area (TPSA) is 85.4 Å². The lowest BCUT2D eigenvalue weighted by Crippen LogP contribution is -2.28. The molecular weight excluding hydrogens is 320 g/mol. The first-order valence-electron chi connectivity index (χ1n) is 7.89. The summed E-state index contributed by atoms with van der Waals surface area (Å²) in [6, 6.07) is 6.80. The van der Waals surface area contributed by atoms with Gasteiger partial charge in [0.15, 0.2) is 11.5 Å². The third kappa shape index (κ3) is 5.07. The lowest BCUT2D eigenvalue weighted by molar-refractivity contribution is 0.102. The molecule has 1 aromatic carbocycles. The summed E-state index contributed by atoms with van der Waals surface area (Å²) < 4.78 is 10.4. The van der Waals surface area contributed by atoms with Crippen LogP contribution in [0.25, 0.3) is 0 Å². The molecule has 134 valence electrons. The van der Waals surface area contributed by atoms with Gasteiger partial charge in [-0.3, -0.25) is 4.79 Å². The van der Waals surface area contributed by atoms with E-state index in [4.69, 9.17) is 9.47 Å². The molecule has 0 aliphatic carbocycles. The fraction of sp³-hybridized carbons (Fsp3) is 0.389. The van der Waals surface area contributed by atoms with E-state index in [1.807, 2.05) is 27.7 Å². The van der Waals surface area contributed by atoms with Crippen LogP contribution in [0.3, 0.4) is 0 Å². The first-order valence-corrected chi connectivity index (χ1v) is 7.89. The SMILES string of the molecule is COc1ccc(NC(=O)c2cc(C)nc(NC(C)(C)C)n2)cc1OC. The van der Waals surface area contributed by atoms with E-state index in [1.165, 1.54) is 0 Å². The number of aryl methyl sites for hydroxylation is 1. The number of hydrogen-bond donors (Lipinski definition) is 2. The Kier molecular flexibility index (Phi) is 5.46. The van der Waals surface area contributed by atoms with Crippen LogP contribution in [0.15, 0.2) is 24.3 Å². The van der Waals surface area contributed by atoms with Crippen LogP contribution in [-0.2, 0) is 0 Å². The van der Waals surface area contributed by atoms with Crippen molar-refractivity contribution < 1.29 is 14.3 Å². The predicted molar refractivity (Wildman–Crippen MR) is 97.6 cm³/mol. The normalized spacial score (nSPS) is 11.0. The van der Waals surface area contributed by atoms with Crippen LogP contribution < -0.4 is 20.1 Å². The largest absolute Gasteiger partial charge is 0.493 e. The summed E-state index contributed by atoms with van der Waals surface area (Å²) in [5.74, 6) is 1.23. The van der Waals surface area contributed by atoms with Crippen molar-refractivity contribution in [1.29, 1.82) is 0 Å². The van der Waals surface area contributed by atoms with Gasteiger partial charge in [-0.15, -0.1) is 0 Å². The van der Waals surface area contributed by atoms with Crippen molar-refractivity contribution in [3.8, 4) is 11.5 Å². The Morgan fingerprint density at radius 3 is 2.32 bits per heavy atom. The van der Waals surface area contributed by atoms with Gasteiger partial charge in [-0.2, -0.15) is 0 Å². The molecule has 2 N–H and O–H groups in total. The number of carbonyl (C=O) groups is 1. The minimum Gasteiger partial charge on any atom is -0.493 e. The molecule has 0 unspecified atom stereocenters. The number of anilines is 2.